The highest BCUT2D eigenvalue weighted by molar-refractivity contribution is 5.85. The summed E-state index contributed by atoms with van der Waals surface area (Å²) < 4.78 is 15.3. The Balaban J connectivity index is 1.49. The Morgan fingerprint density at radius 3 is 2.74 bits per heavy atom. The lowest BCUT2D eigenvalue weighted by atomic mass is 9.76. The van der Waals surface area contributed by atoms with Crippen LogP contribution in [0.4, 0.5) is 4.39 Å². The minimum absolute atomic E-state index is 0.0829. The van der Waals surface area contributed by atoms with Crippen LogP contribution in [0.5, 0.6) is 0 Å². The number of hydrogen-bond donors (Lipinski definition) is 3. The van der Waals surface area contributed by atoms with Crippen molar-refractivity contribution < 1.29 is 4.39 Å². The lowest BCUT2D eigenvalue weighted by molar-refractivity contribution is 0.279. The van der Waals surface area contributed by atoms with Crippen LogP contribution in [0.25, 0.3) is 22.3 Å². The van der Waals surface area contributed by atoms with Gasteiger partial charge in [-0.1, -0.05) is 38.0 Å². The predicted molar refractivity (Wildman–Crippen MR) is 133 cm³/mol. The van der Waals surface area contributed by atoms with Crippen molar-refractivity contribution in [1.29, 1.82) is 0 Å². The molecule has 0 radical (unpaired) electrons. The largest absolute Gasteiger partial charge is 0.356 e. The zero-order chi connectivity index (χ0) is 24.0. The van der Waals surface area contributed by atoms with Gasteiger partial charge >= 0.3 is 0 Å². The summed E-state index contributed by atoms with van der Waals surface area (Å²) in [5.74, 6) is 1.06. The molecule has 3 N–H and O–H groups in total. The van der Waals surface area contributed by atoms with E-state index in [0.29, 0.717) is 5.82 Å². The molecule has 0 amide bonds. The molecule has 0 spiro atoms. The third-order valence-electron chi connectivity index (χ3n) is 7.11. The molecule has 6 rings (SSSR count). The monoisotopic (exact) mass is 469 g/mol. The standard InChI is InChI=1S/C27H28FN7/c1-3-4-13-27(18-15-29-35(2)16-18)24-21(20-7-5-6-8-22(20)30-24)14-23(32-27)26-31-25(33-34-26)17-9-11-19(28)12-10-17/h5-12,15-16,23,30,32H,3-4,13-14H2,1-2H3,(H,31,33,34)/t23-,27?/m1/s1. The molecule has 4 heterocycles. The molecule has 1 aliphatic heterocycles. The molecule has 35 heavy (non-hydrogen) atoms. The number of benzene rings is 2. The molecule has 5 aromatic rings. The molecule has 8 heteroatoms. The molecule has 0 saturated carbocycles. The van der Waals surface area contributed by atoms with Crippen molar-refractivity contribution in [3.05, 3.63) is 89.4 Å². The number of nitrogens with zero attached hydrogens (tertiary/aromatic N) is 4. The molecule has 1 unspecified atom stereocenters. The molecule has 0 bridgehead atoms. The van der Waals surface area contributed by atoms with Gasteiger partial charge in [0.2, 0.25) is 0 Å². The Labute approximate surface area is 202 Å². The first-order valence-corrected chi connectivity index (χ1v) is 12.1. The third-order valence-corrected chi connectivity index (χ3v) is 7.11. The summed E-state index contributed by atoms with van der Waals surface area (Å²) >= 11 is 0. The average molecular weight is 470 g/mol. The molecule has 3 aromatic heterocycles. The first-order valence-electron chi connectivity index (χ1n) is 12.1. The summed E-state index contributed by atoms with van der Waals surface area (Å²) in [6, 6.07) is 14.7. The van der Waals surface area contributed by atoms with Crippen molar-refractivity contribution in [2.45, 2.75) is 44.2 Å². The lowest BCUT2D eigenvalue weighted by Gasteiger charge is -2.41. The van der Waals surface area contributed by atoms with Gasteiger partial charge in [-0.15, -0.1) is 0 Å². The van der Waals surface area contributed by atoms with Crippen LogP contribution in [0.2, 0.25) is 0 Å². The van der Waals surface area contributed by atoms with Gasteiger partial charge in [0.25, 0.3) is 0 Å². The van der Waals surface area contributed by atoms with Gasteiger partial charge in [0.15, 0.2) is 5.82 Å². The van der Waals surface area contributed by atoms with Crippen LogP contribution in [0, 0.1) is 5.82 Å². The van der Waals surface area contributed by atoms with Gasteiger partial charge in [-0.3, -0.25) is 15.1 Å². The highest BCUT2D eigenvalue weighted by Gasteiger charge is 2.45. The second-order valence-corrected chi connectivity index (χ2v) is 9.39. The third kappa shape index (κ3) is 3.65. The van der Waals surface area contributed by atoms with Gasteiger partial charge in [0.1, 0.15) is 11.6 Å². The van der Waals surface area contributed by atoms with E-state index in [1.165, 1.54) is 28.8 Å². The summed E-state index contributed by atoms with van der Waals surface area (Å²) in [5, 5.41) is 17.3. The van der Waals surface area contributed by atoms with E-state index in [2.05, 4.69) is 63.0 Å². The van der Waals surface area contributed by atoms with E-state index in [0.717, 1.165) is 48.2 Å². The normalized spacial score (nSPS) is 19.8. The van der Waals surface area contributed by atoms with Crippen molar-refractivity contribution in [3.8, 4) is 11.4 Å². The summed E-state index contributed by atoms with van der Waals surface area (Å²) in [4.78, 5) is 8.58. The van der Waals surface area contributed by atoms with Crippen LogP contribution in [0.1, 0.15) is 54.9 Å². The Hall–Kier alpha value is -3.78. The van der Waals surface area contributed by atoms with Crippen LogP contribution < -0.4 is 5.32 Å². The number of H-pyrrole nitrogens is 2. The molecule has 2 atom stereocenters. The molecular weight excluding hydrogens is 441 g/mol. The Kier molecular flexibility index (Phi) is 5.25. The number of halogens is 1. The van der Waals surface area contributed by atoms with Gasteiger partial charge < -0.3 is 4.98 Å². The molecule has 1 aliphatic rings. The van der Waals surface area contributed by atoms with Gasteiger partial charge in [0.05, 0.1) is 17.8 Å². The van der Waals surface area contributed by atoms with E-state index in [9.17, 15) is 4.39 Å². The maximum absolute atomic E-state index is 13.4. The van der Waals surface area contributed by atoms with Gasteiger partial charge in [-0.05, 0) is 48.7 Å². The Morgan fingerprint density at radius 1 is 1.14 bits per heavy atom. The minimum atomic E-state index is -0.440. The summed E-state index contributed by atoms with van der Waals surface area (Å²) in [6.45, 7) is 2.22. The Bertz CT molecular complexity index is 1480. The van der Waals surface area contributed by atoms with Crippen molar-refractivity contribution >= 4 is 10.9 Å². The molecule has 0 fully saturated rings. The number of aromatic amines is 2. The topological polar surface area (TPSA) is 87.2 Å². The predicted octanol–water partition coefficient (Wildman–Crippen LogP) is 5.15. The maximum atomic E-state index is 13.4. The van der Waals surface area contributed by atoms with Gasteiger partial charge in [0, 0.05) is 41.0 Å². The van der Waals surface area contributed by atoms with Crippen LogP contribution in [0.15, 0.2) is 60.9 Å². The molecule has 2 aromatic carbocycles. The summed E-state index contributed by atoms with van der Waals surface area (Å²) in [7, 11) is 1.95. The van der Waals surface area contributed by atoms with Crippen molar-refractivity contribution in [2.24, 2.45) is 7.05 Å². The van der Waals surface area contributed by atoms with Crippen LogP contribution in [0.3, 0.4) is 0 Å². The molecule has 7 nitrogen and oxygen atoms in total. The number of fused-ring (bicyclic) bond motifs is 3. The van der Waals surface area contributed by atoms with E-state index in [1.54, 1.807) is 12.1 Å². The number of rotatable bonds is 6. The van der Waals surface area contributed by atoms with Crippen LogP contribution in [-0.2, 0) is 19.0 Å². The SMILES string of the molecule is CCCCC1(c2cnn(C)c2)N[C@@H](c2nc(-c3ccc(F)cc3)n[nH]2)Cc2c1[nH]c1ccccc21. The number of hydrogen-bond acceptors (Lipinski definition) is 4. The fourth-order valence-electron chi connectivity index (χ4n) is 5.38. The number of unbranched alkanes of at least 4 members (excludes halogenated alkanes) is 1. The van der Waals surface area contributed by atoms with Crippen molar-refractivity contribution in [1.82, 2.24) is 35.3 Å². The minimum Gasteiger partial charge on any atom is -0.356 e. The van der Waals surface area contributed by atoms with Gasteiger partial charge in [-0.25, -0.2) is 9.37 Å². The van der Waals surface area contributed by atoms with E-state index >= 15 is 0 Å². The average Bonchev–Trinajstić information content (AvgIpc) is 3.62. The summed E-state index contributed by atoms with van der Waals surface area (Å²) in [5.41, 5.74) is 5.10. The second kappa shape index (κ2) is 8.46. The fraction of sp³-hybridized carbons (Fsp3) is 0.296. The zero-order valence-corrected chi connectivity index (χ0v) is 19.8. The first kappa shape index (κ1) is 21.7. The van der Waals surface area contributed by atoms with Crippen molar-refractivity contribution in [2.75, 3.05) is 0 Å². The smallest absolute Gasteiger partial charge is 0.181 e. The second-order valence-electron chi connectivity index (χ2n) is 9.39. The number of aryl methyl sites for hydroxylation is 1. The molecule has 178 valence electrons. The number of para-hydroxylation sites is 1. The highest BCUT2D eigenvalue weighted by Crippen LogP contribution is 2.45. The van der Waals surface area contributed by atoms with Gasteiger partial charge in [-0.2, -0.15) is 10.2 Å². The van der Waals surface area contributed by atoms with Crippen LogP contribution in [-0.4, -0.2) is 29.9 Å². The van der Waals surface area contributed by atoms with E-state index < -0.39 is 5.54 Å². The maximum Gasteiger partial charge on any atom is 0.181 e. The fourth-order valence-corrected chi connectivity index (χ4v) is 5.38. The molecular formula is C27H28FN7. The number of nitrogens with one attached hydrogen (secondary N) is 3. The lowest BCUT2D eigenvalue weighted by Crippen LogP contribution is -2.50. The van der Waals surface area contributed by atoms with Crippen molar-refractivity contribution in [3.63, 3.8) is 0 Å². The highest BCUT2D eigenvalue weighted by atomic mass is 19.1. The van der Waals surface area contributed by atoms with E-state index in [-0.39, 0.29) is 11.9 Å². The van der Waals surface area contributed by atoms with E-state index in [4.69, 9.17) is 4.98 Å². The quantitative estimate of drug-likeness (QED) is 0.321. The molecule has 0 saturated heterocycles. The molecule has 0 aliphatic carbocycles. The zero-order valence-electron chi connectivity index (χ0n) is 19.8. The first-order chi connectivity index (χ1) is 17.1. The van der Waals surface area contributed by atoms with E-state index in [1.807, 2.05) is 17.9 Å². The summed E-state index contributed by atoms with van der Waals surface area (Å²) in [6.07, 6.45) is 7.90. The number of aromatic nitrogens is 6. The van der Waals surface area contributed by atoms with Crippen LogP contribution >= 0.6 is 0 Å². The Morgan fingerprint density at radius 2 is 1.97 bits per heavy atom.